The van der Waals surface area contributed by atoms with Crippen LogP contribution in [0, 0.1) is 34.0 Å². The van der Waals surface area contributed by atoms with Gasteiger partial charge in [-0.05, 0) is 71.3 Å². The van der Waals surface area contributed by atoms with Crippen molar-refractivity contribution in [1.29, 1.82) is 15.8 Å². The first kappa shape index (κ1) is 40.2. The van der Waals surface area contributed by atoms with Gasteiger partial charge in [0.25, 0.3) is 0 Å². The van der Waals surface area contributed by atoms with Crippen LogP contribution in [0.4, 0.5) is 5.69 Å². The van der Waals surface area contributed by atoms with E-state index in [1.165, 1.54) is 53.8 Å². The minimum atomic E-state index is -0.758. The molecule has 0 spiro atoms. The molecule has 272 valence electrons. The van der Waals surface area contributed by atoms with Gasteiger partial charge in [0, 0.05) is 5.69 Å². The lowest BCUT2D eigenvalue weighted by atomic mass is 10.1. The second kappa shape index (κ2) is 20.4. The number of rotatable bonds is 17. The first-order valence-electron chi connectivity index (χ1n) is 15.7. The van der Waals surface area contributed by atoms with Crippen LogP contribution in [-0.4, -0.2) is 79.8 Å². The van der Waals surface area contributed by atoms with Gasteiger partial charge < -0.3 is 38.1 Å². The van der Waals surface area contributed by atoms with Gasteiger partial charge in [-0.15, -0.1) is 0 Å². The molecule has 0 saturated heterocycles. The minimum Gasteiger partial charge on any atom is -0.493 e. The smallest absolute Gasteiger partial charge is 0.348 e. The Bertz CT molecular complexity index is 1910. The van der Waals surface area contributed by atoms with E-state index in [1.807, 2.05) is 35.2 Å². The number of nitrogens with zero attached hydrogens (tertiary/aromatic N) is 4. The fourth-order valence-electron chi connectivity index (χ4n) is 4.71. The fraction of sp³-hybridized carbons (Fsp3) is 0.231. The summed E-state index contributed by atoms with van der Waals surface area (Å²) in [5.74, 6) is -0.646. The Morgan fingerprint density at radius 1 is 0.547 bits per heavy atom. The average molecular weight is 721 g/mol. The predicted octanol–water partition coefficient (Wildman–Crippen LogP) is 4.91. The summed E-state index contributed by atoms with van der Waals surface area (Å²) < 4.78 is 37.1. The third-order valence-corrected chi connectivity index (χ3v) is 7.38. The van der Waals surface area contributed by atoms with Crippen LogP contribution in [0.5, 0.6) is 23.0 Å². The summed E-state index contributed by atoms with van der Waals surface area (Å²) >= 11 is 0. The Labute approximate surface area is 306 Å². The fourth-order valence-corrected chi connectivity index (χ4v) is 4.71. The molecule has 53 heavy (non-hydrogen) atoms. The lowest BCUT2D eigenvalue weighted by molar-refractivity contribution is -0.136. The number of hydrogen-bond acceptors (Lipinski definition) is 14. The van der Waals surface area contributed by atoms with Crippen molar-refractivity contribution in [2.24, 2.45) is 0 Å². The summed E-state index contributed by atoms with van der Waals surface area (Å²) in [5, 5.41) is 27.9. The summed E-state index contributed by atoms with van der Waals surface area (Å²) in [5.41, 5.74) is 1.97. The Morgan fingerprint density at radius 2 is 0.906 bits per heavy atom. The third kappa shape index (κ3) is 11.4. The Balaban J connectivity index is 1.83. The van der Waals surface area contributed by atoms with E-state index in [-0.39, 0.29) is 29.9 Å². The second-order valence-electron chi connectivity index (χ2n) is 10.6. The van der Waals surface area contributed by atoms with Gasteiger partial charge >= 0.3 is 17.9 Å². The number of benzene rings is 3. The molecule has 0 fully saturated rings. The Hall–Kier alpha value is -7.24. The number of esters is 3. The van der Waals surface area contributed by atoms with E-state index in [4.69, 9.17) is 18.9 Å². The standard InChI is InChI=1S/C39H36N4O10/c1-47-35-21-27(19-30(24-41)38(45)50-4)8-12-33(35)52-16-14-43(32-10-6-26(7-11-32)18-29(23-40)37(44)49-3)15-17-53-34-13-9-28(22-36(34)48-2)20-31(25-42)39(46)51-5/h6-13,18-22H,14-17H2,1-5H3. The molecule has 0 unspecified atom stereocenters. The number of ether oxygens (including phenoxy) is 7. The molecule has 0 aliphatic carbocycles. The number of hydrogen-bond donors (Lipinski definition) is 0. The SMILES string of the molecule is COC(=O)C(C#N)=Cc1ccc(N(CCOc2ccc(C=C(C#N)C(=O)OC)cc2OC)CCOc2ccc(C=C(C#N)C(=O)OC)cc2OC)cc1. The highest BCUT2D eigenvalue weighted by Crippen LogP contribution is 2.31. The van der Waals surface area contributed by atoms with E-state index in [2.05, 4.69) is 14.2 Å². The lowest BCUT2D eigenvalue weighted by Gasteiger charge is -2.25. The van der Waals surface area contributed by atoms with E-state index >= 15 is 0 Å². The maximum Gasteiger partial charge on any atom is 0.348 e. The summed E-state index contributed by atoms with van der Waals surface area (Å²) in [4.78, 5) is 37.6. The van der Waals surface area contributed by atoms with E-state index < -0.39 is 17.9 Å². The molecule has 0 bridgehead atoms. The van der Waals surface area contributed by atoms with Crippen LogP contribution in [0.25, 0.3) is 18.2 Å². The second-order valence-corrected chi connectivity index (χ2v) is 10.6. The molecule has 0 atom stereocenters. The molecule has 3 aromatic rings. The van der Waals surface area contributed by atoms with Crippen molar-refractivity contribution in [3.05, 3.63) is 94.1 Å². The van der Waals surface area contributed by atoms with Gasteiger partial charge in [0.2, 0.25) is 0 Å². The highest BCUT2D eigenvalue weighted by molar-refractivity contribution is 5.99. The zero-order chi connectivity index (χ0) is 38.8. The van der Waals surface area contributed by atoms with Crippen molar-refractivity contribution >= 4 is 41.8 Å². The van der Waals surface area contributed by atoms with Gasteiger partial charge in [-0.1, -0.05) is 24.3 Å². The predicted molar refractivity (Wildman–Crippen MR) is 192 cm³/mol. The first-order chi connectivity index (χ1) is 25.6. The maximum atomic E-state index is 11.9. The quantitative estimate of drug-likeness (QED) is 0.0791. The van der Waals surface area contributed by atoms with Gasteiger partial charge in [0.1, 0.15) is 48.1 Å². The number of anilines is 1. The summed E-state index contributed by atoms with van der Waals surface area (Å²) in [7, 11) is 6.52. The van der Waals surface area contributed by atoms with Crippen molar-refractivity contribution in [3.63, 3.8) is 0 Å². The molecular formula is C39H36N4O10. The van der Waals surface area contributed by atoms with Crippen molar-refractivity contribution in [3.8, 4) is 41.2 Å². The summed E-state index contributed by atoms with van der Waals surface area (Å²) in [6.45, 7) is 1.15. The van der Waals surface area contributed by atoms with Gasteiger partial charge in [-0.2, -0.15) is 15.8 Å². The number of carbonyl (C=O) groups is 3. The molecule has 3 aromatic carbocycles. The minimum absolute atomic E-state index is 0.145. The van der Waals surface area contributed by atoms with E-state index in [0.717, 1.165) is 5.69 Å². The molecule has 14 heteroatoms. The Kier molecular flexibility index (Phi) is 15.5. The van der Waals surface area contributed by atoms with Gasteiger partial charge in [-0.3, -0.25) is 0 Å². The van der Waals surface area contributed by atoms with Crippen LogP contribution in [0.15, 0.2) is 77.4 Å². The van der Waals surface area contributed by atoms with Gasteiger partial charge in [0.15, 0.2) is 23.0 Å². The largest absolute Gasteiger partial charge is 0.493 e. The molecule has 0 aromatic heterocycles. The Morgan fingerprint density at radius 3 is 1.25 bits per heavy atom. The zero-order valence-electron chi connectivity index (χ0n) is 29.7. The maximum absolute atomic E-state index is 11.9. The number of carbonyl (C=O) groups excluding carboxylic acids is 3. The van der Waals surface area contributed by atoms with Crippen molar-refractivity contribution in [1.82, 2.24) is 0 Å². The molecule has 0 N–H and O–H groups in total. The molecule has 0 amide bonds. The third-order valence-electron chi connectivity index (χ3n) is 7.38. The highest BCUT2D eigenvalue weighted by atomic mass is 16.5. The van der Waals surface area contributed by atoms with Crippen LogP contribution in [-0.2, 0) is 28.6 Å². The average Bonchev–Trinajstić information content (AvgIpc) is 3.20. The number of nitriles is 3. The topological polar surface area (TPSA) is 190 Å². The van der Waals surface area contributed by atoms with Crippen molar-refractivity contribution < 1.29 is 47.5 Å². The molecule has 3 rings (SSSR count). The normalized spacial score (nSPS) is 11.2. The van der Waals surface area contributed by atoms with E-state index in [0.29, 0.717) is 52.8 Å². The summed E-state index contributed by atoms with van der Waals surface area (Å²) in [6.07, 6.45) is 4.20. The van der Waals surface area contributed by atoms with Crippen LogP contribution in [0.1, 0.15) is 16.7 Å². The monoisotopic (exact) mass is 720 g/mol. The van der Waals surface area contributed by atoms with E-state index in [9.17, 15) is 30.2 Å². The molecule has 0 aliphatic rings. The first-order valence-corrected chi connectivity index (χ1v) is 15.7. The molecule has 0 radical (unpaired) electrons. The molecule has 0 saturated carbocycles. The van der Waals surface area contributed by atoms with Crippen LogP contribution >= 0.6 is 0 Å². The zero-order valence-corrected chi connectivity index (χ0v) is 29.7. The molecule has 0 aliphatic heterocycles. The molecule has 14 nitrogen and oxygen atoms in total. The van der Waals surface area contributed by atoms with E-state index in [1.54, 1.807) is 48.5 Å². The van der Waals surface area contributed by atoms with Crippen molar-refractivity contribution in [2.75, 3.05) is 66.8 Å². The van der Waals surface area contributed by atoms with Crippen LogP contribution < -0.4 is 23.8 Å². The van der Waals surface area contributed by atoms with Crippen LogP contribution in [0.3, 0.4) is 0 Å². The van der Waals surface area contributed by atoms with Crippen molar-refractivity contribution in [2.45, 2.75) is 0 Å². The molecular weight excluding hydrogens is 684 g/mol. The lowest BCUT2D eigenvalue weighted by Crippen LogP contribution is -2.32. The summed E-state index contributed by atoms with van der Waals surface area (Å²) in [6, 6.07) is 22.5. The highest BCUT2D eigenvalue weighted by Gasteiger charge is 2.15. The van der Waals surface area contributed by atoms with Crippen LogP contribution in [0.2, 0.25) is 0 Å². The number of methoxy groups -OCH3 is 5. The van der Waals surface area contributed by atoms with Gasteiger partial charge in [-0.25, -0.2) is 14.4 Å². The molecule has 0 heterocycles. The van der Waals surface area contributed by atoms with Gasteiger partial charge in [0.05, 0.1) is 48.6 Å².